The maximum atomic E-state index is 5.85. The van der Waals surface area contributed by atoms with Crippen LogP contribution in [0.2, 0.25) is 0 Å². The van der Waals surface area contributed by atoms with Gasteiger partial charge in [0.05, 0.1) is 11.2 Å². The number of hydrogen-bond donors (Lipinski definition) is 0. The first kappa shape index (κ1) is 12.4. The lowest BCUT2D eigenvalue weighted by molar-refractivity contribution is 0.668. The van der Waals surface area contributed by atoms with E-state index in [0.717, 1.165) is 44.2 Å². The summed E-state index contributed by atoms with van der Waals surface area (Å²) >= 11 is 0. The molecule has 0 saturated carbocycles. The molecule has 3 heterocycles. The van der Waals surface area contributed by atoms with Crippen molar-refractivity contribution in [2.75, 3.05) is 0 Å². The SMILES string of the molecule is c1cnc2c(-c3ccc4oc5ccccc5c4n3)cccc2c1. The predicted molar refractivity (Wildman–Crippen MR) is 92.3 cm³/mol. The van der Waals surface area contributed by atoms with Crippen molar-refractivity contribution in [3.8, 4) is 11.3 Å². The molecule has 108 valence electrons. The Morgan fingerprint density at radius 2 is 1.61 bits per heavy atom. The van der Waals surface area contributed by atoms with E-state index in [1.165, 1.54) is 0 Å². The number of furan rings is 1. The van der Waals surface area contributed by atoms with Crippen molar-refractivity contribution in [1.82, 2.24) is 9.97 Å². The van der Waals surface area contributed by atoms with E-state index in [4.69, 9.17) is 9.40 Å². The van der Waals surface area contributed by atoms with E-state index >= 15 is 0 Å². The summed E-state index contributed by atoms with van der Waals surface area (Å²) in [6, 6.07) is 22.2. The Morgan fingerprint density at radius 1 is 0.696 bits per heavy atom. The summed E-state index contributed by atoms with van der Waals surface area (Å²) in [7, 11) is 0. The minimum absolute atomic E-state index is 0.808. The molecular formula is C20H12N2O. The third-order valence-electron chi connectivity index (χ3n) is 4.13. The zero-order chi connectivity index (χ0) is 15.2. The summed E-state index contributed by atoms with van der Waals surface area (Å²) < 4.78 is 5.85. The average molecular weight is 296 g/mol. The molecule has 0 atom stereocenters. The molecule has 3 nitrogen and oxygen atoms in total. The van der Waals surface area contributed by atoms with E-state index in [1.807, 2.05) is 54.7 Å². The third kappa shape index (κ3) is 1.83. The van der Waals surface area contributed by atoms with Crippen LogP contribution < -0.4 is 0 Å². The van der Waals surface area contributed by atoms with Gasteiger partial charge in [0.15, 0.2) is 5.58 Å². The van der Waals surface area contributed by atoms with Crippen molar-refractivity contribution in [3.63, 3.8) is 0 Å². The summed E-state index contributed by atoms with van der Waals surface area (Å²) in [5, 5.41) is 2.15. The van der Waals surface area contributed by atoms with Crippen molar-refractivity contribution >= 4 is 33.0 Å². The second-order valence-corrected chi connectivity index (χ2v) is 5.52. The van der Waals surface area contributed by atoms with E-state index in [2.05, 4.69) is 23.2 Å². The number of rotatable bonds is 1. The molecule has 2 aromatic carbocycles. The molecule has 0 aliphatic rings. The van der Waals surface area contributed by atoms with Gasteiger partial charge in [-0.3, -0.25) is 4.98 Å². The fraction of sp³-hybridized carbons (Fsp3) is 0. The van der Waals surface area contributed by atoms with Crippen molar-refractivity contribution in [3.05, 3.63) is 72.9 Å². The van der Waals surface area contributed by atoms with Gasteiger partial charge >= 0.3 is 0 Å². The number of benzene rings is 2. The Bertz CT molecular complexity index is 1170. The molecule has 0 fully saturated rings. The molecule has 5 rings (SSSR count). The van der Waals surface area contributed by atoms with Crippen LogP contribution in [-0.4, -0.2) is 9.97 Å². The topological polar surface area (TPSA) is 38.9 Å². The standard InChI is InChI=1S/C20H12N2O/c1-2-9-17-15(7-1)20-18(23-17)11-10-16(22-20)14-8-3-5-13-6-4-12-21-19(13)14/h1-12H. The number of pyridine rings is 2. The summed E-state index contributed by atoms with van der Waals surface area (Å²) in [6.45, 7) is 0. The van der Waals surface area contributed by atoms with E-state index in [0.29, 0.717) is 0 Å². The van der Waals surface area contributed by atoms with Gasteiger partial charge in [0.25, 0.3) is 0 Å². The number of hydrogen-bond acceptors (Lipinski definition) is 3. The molecule has 0 aliphatic carbocycles. The van der Waals surface area contributed by atoms with Gasteiger partial charge in [0, 0.05) is 22.5 Å². The van der Waals surface area contributed by atoms with Crippen LogP contribution in [0.3, 0.4) is 0 Å². The highest BCUT2D eigenvalue weighted by Gasteiger charge is 2.11. The normalized spacial score (nSPS) is 11.5. The molecule has 0 aliphatic heterocycles. The summed E-state index contributed by atoms with van der Waals surface area (Å²) in [5.41, 5.74) is 5.48. The van der Waals surface area contributed by atoms with E-state index in [1.54, 1.807) is 0 Å². The fourth-order valence-electron chi connectivity index (χ4n) is 3.05. The minimum Gasteiger partial charge on any atom is -0.454 e. The van der Waals surface area contributed by atoms with Crippen molar-refractivity contribution in [2.24, 2.45) is 0 Å². The number of fused-ring (bicyclic) bond motifs is 4. The van der Waals surface area contributed by atoms with Gasteiger partial charge in [-0.25, -0.2) is 4.98 Å². The second kappa shape index (κ2) is 4.65. The van der Waals surface area contributed by atoms with Gasteiger partial charge in [-0.2, -0.15) is 0 Å². The van der Waals surface area contributed by atoms with Crippen LogP contribution in [0.15, 0.2) is 77.3 Å². The van der Waals surface area contributed by atoms with E-state index in [9.17, 15) is 0 Å². The van der Waals surface area contributed by atoms with Gasteiger partial charge in [-0.1, -0.05) is 36.4 Å². The maximum Gasteiger partial charge on any atom is 0.153 e. The number of aromatic nitrogens is 2. The van der Waals surface area contributed by atoms with Crippen molar-refractivity contribution in [1.29, 1.82) is 0 Å². The molecule has 0 radical (unpaired) electrons. The molecule has 0 N–H and O–H groups in total. The molecule has 3 aromatic heterocycles. The van der Waals surface area contributed by atoms with Crippen molar-refractivity contribution in [2.45, 2.75) is 0 Å². The Morgan fingerprint density at radius 3 is 2.61 bits per heavy atom. The second-order valence-electron chi connectivity index (χ2n) is 5.52. The number of nitrogens with zero attached hydrogens (tertiary/aromatic N) is 2. The Balaban J connectivity index is 1.84. The van der Waals surface area contributed by atoms with E-state index in [-0.39, 0.29) is 0 Å². The minimum atomic E-state index is 0.808. The van der Waals surface area contributed by atoms with Gasteiger partial charge in [0.2, 0.25) is 0 Å². The average Bonchev–Trinajstić information content (AvgIpc) is 2.99. The summed E-state index contributed by atoms with van der Waals surface area (Å²) in [4.78, 5) is 9.37. The lowest BCUT2D eigenvalue weighted by atomic mass is 10.1. The molecule has 3 heteroatoms. The highest BCUT2D eigenvalue weighted by Crippen LogP contribution is 2.31. The summed E-state index contributed by atoms with van der Waals surface area (Å²) in [5.74, 6) is 0. The van der Waals surface area contributed by atoms with Crippen LogP contribution in [0.25, 0.3) is 44.2 Å². The largest absolute Gasteiger partial charge is 0.454 e. The molecular weight excluding hydrogens is 284 g/mol. The molecule has 0 amide bonds. The smallest absolute Gasteiger partial charge is 0.153 e. The van der Waals surface area contributed by atoms with Gasteiger partial charge in [-0.05, 0) is 30.3 Å². The highest BCUT2D eigenvalue weighted by molar-refractivity contribution is 6.03. The first-order valence-electron chi connectivity index (χ1n) is 7.52. The van der Waals surface area contributed by atoms with Crippen LogP contribution >= 0.6 is 0 Å². The molecule has 0 bridgehead atoms. The zero-order valence-corrected chi connectivity index (χ0v) is 12.2. The van der Waals surface area contributed by atoms with Crippen LogP contribution in [0, 0.1) is 0 Å². The predicted octanol–water partition coefficient (Wildman–Crippen LogP) is 5.20. The summed E-state index contributed by atoms with van der Waals surface area (Å²) in [6.07, 6.45) is 1.82. The molecule has 0 saturated heterocycles. The van der Waals surface area contributed by atoms with Crippen LogP contribution in [-0.2, 0) is 0 Å². The molecule has 0 unspecified atom stereocenters. The Hall–Kier alpha value is -3.20. The van der Waals surface area contributed by atoms with Crippen molar-refractivity contribution < 1.29 is 4.42 Å². The lowest BCUT2D eigenvalue weighted by Gasteiger charge is -2.05. The van der Waals surface area contributed by atoms with E-state index < -0.39 is 0 Å². The van der Waals surface area contributed by atoms with Gasteiger partial charge < -0.3 is 4.42 Å². The van der Waals surface area contributed by atoms with Gasteiger partial charge in [-0.15, -0.1) is 0 Å². The van der Waals surface area contributed by atoms with Crippen LogP contribution in [0.4, 0.5) is 0 Å². The zero-order valence-electron chi connectivity index (χ0n) is 12.2. The molecule has 23 heavy (non-hydrogen) atoms. The fourth-order valence-corrected chi connectivity index (χ4v) is 3.05. The van der Waals surface area contributed by atoms with Crippen LogP contribution in [0.1, 0.15) is 0 Å². The maximum absolute atomic E-state index is 5.85. The molecule has 0 spiro atoms. The molecule has 5 aromatic rings. The third-order valence-corrected chi connectivity index (χ3v) is 4.13. The monoisotopic (exact) mass is 296 g/mol. The quantitative estimate of drug-likeness (QED) is 0.427. The first-order chi connectivity index (χ1) is 11.4. The van der Waals surface area contributed by atoms with Crippen LogP contribution in [0.5, 0.6) is 0 Å². The van der Waals surface area contributed by atoms with Gasteiger partial charge in [0.1, 0.15) is 11.1 Å². The Kier molecular flexibility index (Phi) is 2.50. The first-order valence-corrected chi connectivity index (χ1v) is 7.52. The lowest BCUT2D eigenvalue weighted by Crippen LogP contribution is -1.87. The Labute approximate surface area is 132 Å². The number of para-hydroxylation sites is 2. The highest BCUT2D eigenvalue weighted by atomic mass is 16.3.